The molecule has 0 bridgehead atoms. The van der Waals surface area contributed by atoms with Crippen molar-refractivity contribution in [1.82, 2.24) is 10.3 Å². The molecule has 2 N–H and O–H groups in total. The van der Waals surface area contributed by atoms with Gasteiger partial charge in [-0.1, -0.05) is 25.1 Å². The predicted octanol–water partition coefficient (Wildman–Crippen LogP) is 3.27. The van der Waals surface area contributed by atoms with Gasteiger partial charge in [0.2, 0.25) is 0 Å². The third-order valence-corrected chi connectivity index (χ3v) is 4.01. The van der Waals surface area contributed by atoms with Crippen LogP contribution in [0.2, 0.25) is 0 Å². The molecule has 0 saturated heterocycles. The molecule has 2 aromatic rings. The van der Waals surface area contributed by atoms with Crippen molar-refractivity contribution in [3.8, 4) is 0 Å². The highest BCUT2D eigenvalue weighted by Gasteiger charge is 2.06. The fraction of sp³-hybridized carbons (Fsp3) is 0.467. The van der Waals surface area contributed by atoms with E-state index in [1.807, 2.05) is 11.8 Å². The van der Waals surface area contributed by atoms with Crippen LogP contribution in [0.3, 0.4) is 0 Å². The second-order valence-electron chi connectivity index (χ2n) is 4.70. The molecule has 0 saturated carbocycles. The number of para-hydroxylation sites is 1. The van der Waals surface area contributed by atoms with Crippen LogP contribution in [0.4, 0.5) is 0 Å². The summed E-state index contributed by atoms with van der Waals surface area (Å²) in [4.78, 5) is 3.45. The highest BCUT2D eigenvalue weighted by molar-refractivity contribution is 7.99. The molecule has 19 heavy (non-hydrogen) atoms. The van der Waals surface area contributed by atoms with E-state index in [-0.39, 0.29) is 0 Å². The molecule has 0 spiro atoms. The maximum absolute atomic E-state index is 5.03. The Balaban J connectivity index is 1.76. The van der Waals surface area contributed by atoms with Crippen LogP contribution in [0.25, 0.3) is 10.9 Å². The van der Waals surface area contributed by atoms with Crippen molar-refractivity contribution in [3.63, 3.8) is 0 Å². The van der Waals surface area contributed by atoms with Gasteiger partial charge in [0.05, 0.1) is 5.03 Å². The molecule has 0 radical (unpaired) electrons. The number of rotatable bonds is 8. The zero-order valence-electron chi connectivity index (χ0n) is 11.6. The predicted molar refractivity (Wildman–Crippen MR) is 83.0 cm³/mol. The number of aromatic amines is 1. The molecule has 4 heteroatoms. The van der Waals surface area contributed by atoms with Crippen LogP contribution >= 0.6 is 11.8 Å². The molecule has 1 aromatic heterocycles. The number of fused-ring (bicyclic) bond motifs is 1. The minimum atomic E-state index is 0.551. The number of hydrogen-bond acceptors (Lipinski definition) is 3. The Morgan fingerprint density at radius 1 is 1.37 bits per heavy atom. The Kier molecular flexibility index (Phi) is 5.76. The number of ether oxygens (including phenoxy) is 1. The van der Waals surface area contributed by atoms with Crippen LogP contribution < -0.4 is 5.32 Å². The van der Waals surface area contributed by atoms with Crippen molar-refractivity contribution in [2.45, 2.75) is 23.6 Å². The van der Waals surface area contributed by atoms with Gasteiger partial charge in [-0.15, -0.1) is 11.8 Å². The van der Waals surface area contributed by atoms with Gasteiger partial charge in [0.25, 0.3) is 0 Å². The minimum Gasteiger partial charge on any atom is -0.385 e. The van der Waals surface area contributed by atoms with Crippen LogP contribution in [0.5, 0.6) is 0 Å². The molecule has 0 fully saturated rings. The van der Waals surface area contributed by atoms with Crippen LogP contribution in [-0.4, -0.2) is 37.0 Å². The van der Waals surface area contributed by atoms with E-state index in [1.54, 1.807) is 7.11 Å². The van der Waals surface area contributed by atoms with Gasteiger partial charge in [-0.05, 0) is 25.1 Å². The zero-order chi connectivity index (χ0) is 13.5. The summed E-state index contributed by atoms with van der Waals surface area (Å²) < 4.78 is 5.03. The molecule has 0 aliphatic carbocycles. The Labute approximate surface area is 119 Å². The Morgan fingerprint density at radius 3 is 3.00 bits per heavy atom. The fourth-order valence-corrected chi connectivity index (χ4v) is 3.01. The van der Waals surface area contributed by atoms with Crippen molar-refractivity contribution < 1.29 is 4.74 Å². The average Bonchev–Trinajstić information content (AvgIpc) is 2.80. The lowest BCUT2D eigenvalue weighted by Crippen LogP contribution is -2.24. The zero-order valence-corrected chi connectivity index (χ0v) is 12.4. The first-order chi connectivity index (χ1) is 9.29. The van der Waals surface area contributed by atoms with E-state index in [2.05, 4.69) is 47.6 Å². The van der Waals surface area contributed by atoms with Crippen LogP contribution in [0.15, 0.2) is 35.4 Å². The SMILES string of the molecule is COCCCNCC(C)Sc1cc2ccccc2[nH]1. The molecule has 3 nitrogen and oxygen atoms in total. The van der Waals surface area contributed by atoms with Gasteiger partial charge in [0.15, 0.2) is 0 Å². The second kappa shape index (κ2) is 7.58. The quantitative estimate of drug-likeness (QED) is 0.575. The van der Waals surface area contributed by atoms with Crippen molar-refractivity contribution >= 4 is 22.7 Å². The molecule has 104 valence electrons. The van der Waals surface area contributed by atoms with Crippen molar-refractivity contribution in [2.24, 2.45) is 0 Å². The summed E-state index contributed by atoms with van der Waals surface area (Å²) in [6.07, 6.45) is 1.07. The van der Waals surface area contributed by atoms with E-state index < -0.39 is 0 Å². The standard InChI is InChI=1S/C15H22N2OS/c1-12(11-16-8-5-9-18-2)19-15-10-13-6-3-4-7-14(13)17-15/h3-4,6-7,10,12,16-17H,5,8-9,11H2,1-2H3. The summed E-state index contributed by atoms with van der Waals surface area (Å²) in [5.74, 6) is 0. The largest absolute Gasteiger partial charge is 0.385 e. The number of hydrogen-bond donors (Lipinski definition) is 2. The lowest BCUT2D eigenvalue weighted by Gasteiger charge is -2.11. The third kappa shape index (κ3) is 4.56. The summed E-state index contributed by atoms with van der Waals surface area (Å²) in [5.41, 5.74) is 1.21. The monoisotopic (exact) mass is 278 g/mol. The third-order valence-electron chi connectivity index (χ3n) is 2.97. The molecular weight excluding hydrogens is 256 g/mol. The Morgan fingerprint density at radius 2 is 2.21 bits per heavy atom. The van der Waals surface area contributed by atoms with E-state index in [1.165, 1.54) is 15.9 Å². The summed E-state index contributed by atoms with van der Waals surface area (Å²) in [5, 5.41) is 6.54. The number of thioether (sulfide) groups is 1. The minimum absolute atomic E-state index is 0.551. The lowest BCUT2D eigenvalue weighted by molar-refractivity contribution is 0.194. The van der Waals surface area contributed by atoms with Gasteiger partial charge < -0.3 is 15.0 Å². The van der Waals surface area contributed by atoms with E-state index in [0.29, 0.717) is 5.25 Å². The highest BCUT2D eigenvalue weighted by Crippen LogP contribution is 2.26. The molecule has 2 rings (SSSR count). The van der Waals surface area contributed by atoms with Crippen LogP contribution in [0.1, 0.15) is 13.3 Å². The van der Waals surface area contributed by atoms with Crippen molar-refractivity contribution in [3.05, 3.63) is 30.3 Å². The van der Waals surface area contributed by atoms with E-state index in [4.69, 9.17) is 4.74 Å². The topological polar surface area (TPSA) is 37.0 Å². The van der Waals surface area contributed by atoms with Crippen molar-refractivity contribution in [1.29, 1.82) is 0 Å². The molecule has 1 heterocycles. The number of methoxy groups -OCH3 is 1. The molecule has 0 amide bonds. The first-order valence-electron chi connectivity index (χ1n) is 6.73. The van der Waals surface area contributed by atoms with E-state index in [0.717, 1.165) is 26.1 Å². The maximum Gasteiger partial charge on any atom is 0.0735 e. The average molecular weight is 278 g/mol. The maximum atomic E-state index is 5.03. The second-order valence-corrected chi connectivity index (χ2v) is 6.18. The fourth-order valence-electron chi connectivity index (χ4n) is 2.02. The molecular formula is C15H22N2OS. The number of aromatic nitrogens is 1. The molecule has 1 aromatic carbocycles. The van der Waals surface area contributed by atoms with Gasteiger partial charge in [0.1, 0.15) is 0 Å². The Hall–Kier alpha value is -0.970. The van der Waals surface area contributed by atoms with E-state index >= 15 is 0 Å². The molecule has 1 unspecified atom stereocenters. The number of H-pyrrole nitrogens is 1. The highest BCUT2D eigenvalue weighted by atomic mass is 32.2. The van der Waals surface area contributed by atoms with E-state index in [9.17, 15) is 0 Å². The van der Waals surface area contributed by atoms with Gasteiger partial charge >= 0.3 is 0 Å². The summed E-state index contributed by atoms with van der Waals surface area (Å²) in [6, 6.07) is 10.6. The van der Waals surface area contributed by atoms with Crippen LogP contribution in [0, 0.1) is 0 Å². The van der Waals surface area contributed by atoms with Gasteiger partial charge in [-0.2, -0.15) is 0 Å². The first-order valence-corrected chi connectivity index (χ1v) is 7.61. The number of benzene rings is 1. The van der Waals surface area contributed by atoms with Crippen molar-refractivity contribution in [2.75, 3.05) is 26.8 Å². The number of nitrogens with one attached hydrogen (secondary N) is 2. The van der Waals surface area contributed by atoms with Gasteiger partial charge in [-0.25, -0.2) is 0 Å². The molecule has 0 aliphatic rings. The normalized spacial score (nSPS) is 12.9. The summed E-state index contributed by atoms with van der Waals surface area (Å²) >= 11 is 1.88. The van der Waals surface area contributed by atoms with Gasteiger partial charge in [0, 0.05) is 36.4 Å². The molecule has 1 atom stereocenters. The molecule has 0 aliphatic heterocycles. The smallest absolute Gasteiger partial charge is 0.0735 e. The first kappa shape index (κ1) is 14.4. The summed E-state index contributed by atoms with van der Waals surface area (Å²) in [7, 11) is 1.74. The summed E-state index contributed by atoms with van der Waals surface area (Å²) in [6.45, 7) is 5.12. The lowest BCUT2D eigenvalue weighted by atomic mass is 10.3. The van der Waals surface area contributed by atoms with Crippen LogP contribution in [-0.2, 0) is 4.74 Å². The Bertz CT molecular complexity index is 465. The van der Waals surface area contributed by atoms with Gasteiger partial charge in [-0.3, -0.25) is 0 Å².